The number of nitrogens with two attached hydrogens (primary N) is 1. The van der Waals surface area contributed by atoms with Crippen LogP contribution in [0, 0.1) is 12.8 Å². The number of amides is 1. The molecule has 0 aromatic heterocycles. The predicted molar refractivity (Wildman–Crippen MR) is 81.6 cm³/mol. The topological polar surface area (TPSA) is 64.3 Å². The summed E-state index contributed by atoms with van der Waals surface area (Å²) in [6.45, 7) is 4.30. The monoisotopic (exact) mass is 276 g/mol. The molecule has 110 valence electrons. The van der Waals surface area contributed by atoms with Crippen molar-refractivity contribution in [2.75, 3.05) is 17.7 Å². The summed E-state index contributed by atoms with van der Waals surface area (Å²) in [4.78, 5) is 11.9. The van der Waals surface area contributed by atoms with Gasteiger partial charge in [0.05, 0.1) is 6.10 Å². The van der Waals surface area contributed by atoms with Crippen molar-refractivity contribution >= 4 is 17.3 Å². The Labute approximate surface area is 120 Å². The summed E-state index contributed by atoms with van der Waals surface area (Å²) >= 11 is 0. The number of hydrogen-bond acceptors (Lipinski definition) is 3. The lowest BCUT2D eigenvalue weighted by Gasteiger charge is -2.26. The van der Waals surface area contributed by atoms with Crippen LogP contribution >= 0.6 is 0 Å². The molecule has 1 aromatic rings. The van der Waals surface area contributed by atoms with Crippen LogP contribution in [0.3, 0.4) is 0 Å². The molecule has 0 aliphatic heterocycles. The fourth-order valence-corrected chi connectivity index (χ4v) is 2.64. The second kappa shape index (κ2) is 6.75. The molecule has 0 heterocycles. The molecule has 1 saturated carbocycles. The number of nitrogen functional groups attached to an aromatic ring is 1. The second-order valence-corrected chi connectivity index (χ2v) is 5.82. The van der Waals surface area contributed by atoms with Crippen molar-refractivity contribution in [1.82, 2.24) is 0 Å². The lowest BCUT2D eigenvalue weighted by Crippen LogP contribution is -2.27. The lowest BCUT2D eigenvalue weighted by molar-refractivity contribution is -0.123. The zero-order valence-electron chi connectivity index (χ0n) is 12.3. The Morgan fingerprint density at radius 3 is 2.95 bits per heavy atom. The van der Waals surface area contributed by atoms with Crippen molar-refractivity contribution in [3.63, 3.8) is 0 Å². The third kappa shape index (κ3) is 4.23. The van der Waals surface area contributed by atoms with Crippen LogP contribution in [0.25, 0.3) is 0 Å². The van der Waals surface area contributed by atoms with Crippen molar-refractivity contribution in [3.8, 4) is 0 Å². The molecule has 4 nitrogen and oxygen atoms in total. The molecular weight excluding hydrogens is 252 g/mol. The minimum Gasteiger partial charge on any atom is -0.398 e. The lowest BCUT2D eigenvalue weighted by atomic mass is 9.89. The molecule has 3 N–H and O–H groups in total. The molecule has 1 amide bonds. The minimum absolute atomic E-state index is 0.116. The number of rotatable bonds is 4. The van der Waals surface area contributed by atoms with E-state index in [1.807, 2.05) is 19.1 Å². The van der Waals surface area contributed by atoms with Gasteiger partial charge < -0.3 is 15.8 Å². The zero-order valence-corrected chi connectivity index (χ0v) is 12.3. The van der Waals surface area contributed by atoms with E-state index in [2.05, 4.69) is 12.2 Å². The summed E-state index contributed by atoms with van der Waals surface area (Å²) in [6, 6.07) is 5.52. The summed E-state index contributed by atoms with van der Waals surface area (Å²) in [5.74, 6) is 0.584. The molecule has 0 radical (unpaired) electrons. The Morgan fingerprint density at radius 2 is 2.25 bits per heavy atom. The van der Waals surface area contributed by atoms with Gasteiger partial charge in [0, 0.05) is 11.4 Å². The quantitative estimate of drug-likeness (QED) is 0.830. The van der Waals surface area contributed by atoms with Crippen LogP contribution < -0.4 is 11.1 Å². The normalized spacial score (nSPS) is 22.5. The van der Waals surface area contributed by atoms with Gasteiger partial charge in [0.15, 0.2) is 0 Å². The van der Waals surface area contributed by atoms with Crippen molar-refractivity contribution in [2.24, 2.45) is 5.92 Å². The fourth-order valence-electron chi connectivity index (χ4n) is 2.64. The van der Waals surface area contributed by atoms with Gasteiger partial charge in [-0.2, -0.15) is 0 Å². The zero-order chi connectivity index (χ0) is 14.5. The van der Waals surface area contributed by atoms with Gasteiger partial charge in [-0.25, -0.2) is 0 Å². The number of carbonyl (C=O) groups excluding carboxylic acids is 1. The van der Waals surface area contributed by atoms with E-state index in [1.54, 1.807) is 6.07 Å². The van der Waals surface area contributed by atoms with E-state index in [9.17, 15) is 4.79 Å². The first-order valence-electron chi connectivity index (χ1n) is 7.32. The van der Waals surface area contributed by atoms with Gasteiger partial charge in [0.2, 0.25) is 5.91 Å². The smallest absolute Gasteiger partial charge is 0.250 e. The first kappa shape index (κ1) is 14.9. The van der Waals surface area contributed by atoms with E-state index in [0.717, 1.165) is 24.1 Å². The Bertz CT molecular complexity index is 474. The van der Waals surface area contributed by atoms with Crippen molar-refractivity contribution in [1.29, 1.82) is 0 Å². The number of ether oxygens (including phenoxy) is 1. The van der Waals surface area contributed by atoms with Gasteiger partial charge in [-0.05, 0) is 43.4 Å². The van der Waals surface area contributed by atoms with E-state index in [0.29, 0.717) is 11.6 Å². The standard InChI is InChI=1S/C16H24N2O2/c1-11-4-3-5-14(8-11)20-10-16(19)18-13-7-6-12(2)15(17)9-13/h6-7,9,11,14H,3-5,8,10,17H2,1-2H3,(H,18,19). The molecule has 0 spiro atoms. The first-order valence-corrected chi connectivity index (χ1v) is 7.32. The van der Waals surface area contributed by atoms with Gasteiger partial charge in [-0.1, -0.05) is 25.8 Å². The summed E-state index contributed by atoms with van der Waals surface area (Å²) in [6.07, 6.45) is 4.82. The van der Waals surface area contributed by atoms with Crippen LogP contribution in [0.4, 0.5) is 11.4 Å². The Kier molecular flexibility index (Phi) is 5.01. The van der Waals surface area contributed by atoms with Crippen LogP contribution in [0.15, 0.2) is 18.2 Å². The average Bonchev–Trinajstić information content (AvgIpc) is 2.41. The molecule has 1 fully saturated rings. The highest BCUT2D eigenvalue weighted by molar-refractivity contribution is 5.92. The fraction of sp³-hybridized carbons (Fsp3) is 0.562. The Hall–Kier alpha value is -1.55. The molecule has 0 bridgehead atoms. The molecule has 1 aliphatic rings. The second-order valence-electron chi connectivity index (χ2n) is 5.82. The number of carbonyl (C=O) groups is 1. The molecule has 20 heavy (non-hydrogen) atoms. The molecule has 2 atom stereocenters. The van der Waals surface area contributed by atoms with Gasteiger partial charge in [-0.15, -0.1) is 0 Å². The summed E-state index contributed by atoms with van der Waals surface area (Å²) in [5, 5.41) is 2.82. The van der Waals surface area contributed by atoms with E-state index in [4.69, 9.17) is 10.5 Å². The highest BCUT2D eigenvalue weighted by atomic mass is 16.5. The molecule has 4 heteroatoms. The Morgan fingerprint density at radius 1 is 1.45 bits per heavy atom. The van der Waals surface area contributed by atoms with Crippen molar-refractivity contribution < 1.29 is 9.53 Å². The van der Waals surface area contributed by atoms with Gasteiger partial charge in [-0.3, -0.25) is 4.79 Å². The highest BCUT2D eigenvalue weighted by Crippen LogP contribution is 2.25. The van der Waals surface area contributed by atoms with Crippen LogP contribution in [-0.2, 0) is 9.53 Å². The highest BCUT2D eigenvalue weighted by Gasteiger charge is 2.20. The number of hydrogen-bond donors (Lipinski definition) is 2. The molecule has 1 aromatic carbocycles. The van der Waals surface area contributed by atoms with E-state index in [1.165, 1.54) is 12.8 Å². The van der Waals surface area contributed by atoms with Crippen LogP contribution in [-0.4, -0.2) is 18.6 Å². The van der Waals surface area contributed by atoms with E-state index in [-0.39, 0.29) is 18.6 Å². The SMILES string of the molecule is Cc1ccc(NC(=O)COC2CCCC(C)C2)cc1N. The average molecular weight is 276 g/mol. The third-order valence-corrected chi connectivity index (χ3v) is 3.90. The molecular formula is C16H24N2O2. The molecule has 1 aliphatic carbocycles. The summed E-state index contributed by atoms with van der Waals surface area (Å²) in [5.41, 5.74) is 8.24. The van der Waals surface area contributed by atoms with Crippen LogP contribution in [0.1, 0.15) is 38.2 Å². The number of anilines is 2. The maximum absolute atomic E-state index is 11.9. The number of aryl methyl sites for hydroxylation is 1. The maximum Gasteiger partial charge on any atom is 0.250 e. The summed E-state index contributed by atoms with van der Waals surface area (Å²) in [7, 11) is 0. The minimum atomic E-state index is -0.119. The van der Waals surface area contributed by atoms with Crippen molar-refractivity contribution in [3.05, 3.63) is 23.8 Å². The van der Waals surface area contributed by atoms with E-state index < -0.39 is 0 Å². The summed E-state index contributed by atoms with van der Waals surface area (Å²) < 4.78 is 5.70. The molecule has 2 unspecified atom stereocenters. The van der Waals surface area contributed by atoms with Crippen LogP contribution in [0.5, 0.6) is 0 Å². The predicted octanol–water partition coefficient (Wildman–Crippen LogP) is 3.11. The number of nitrogens with one attached hydrogen (secondary N) is 1. The first-order chi connectivity index (χ1) is 9.54. The largest absolute Gasteiger partial charge is 0.398 e. The van der Waals surface area contributed by atoms with Crippen molar-refractivity contribution in [2.45, 2.75) is 45.6 Å². The molecule has 0 saturated heterocycles. The Balaban J connectivity index is 1.78. The maximum atomic E-state index is 11.9. The van der Waals surface area contributed by atoms with Crippen LogP contribution in [0.2, 0.25) is 0 Å². The number of benzene rings is 1. The molecule has 2 rings (SSSR count). The third-order valence-electron chi connectivity index (χ3n) is 3.90. The van der Waals surface area contributed by atoms with E-state index >= 15 is 0 Å². The van der Waals surface area contributed by atoms with Gasteiger partial charge in [0.1, 0.15) is 6.61 Å². The van der Waals surface area contributed by atoms with Gasteiger partial charge >= 0.3 is 0 Å². The van der Waals surface area contributed by atoms with Gasteiger partial charge in [0.25, 0.3) is 0 Å².